The maximum atomic E-state index is 5.85. The van der Waals surface area contributed by atoms with Gasteiger partial charge in [0.1, 0.15) is 0 Å². The molecule has 3 atom stereocenters. The zero-order chi connectivity index (χ0) is 7.78. The van der Waals surface area contributed by atoms with Crippen molar-refractivity contribution >= 4 is 0 Å². The van der Waals surface area contributed by atoms with E-state index >= 15 is 0 Å². The molecular formula is C8H17NO. The Morgan fingerprint density at radius 3 is 2.50 bits per heavy atom. The molecule has 1 aliphatic carbocycles. The van der Waals surface area contributed by atoms with Gasteiger partial charge in [-0.1, -0.05) is 13.8 Å². The molecule has 0 aromatic carbocycles. The Morgan fingerprint density at radius 1 is 1.70 bits per heavy atom. The van der Waals surface area contributed by atoms with Crippen LogP contribution in [0, 0.1) is 5.41 Å². The first kappa shape index (κ1) is 8.02. The smallest absolute Gasteiger partial charge is 0.0654 e. The first-order valence-corrected chi connectivity index (χ1v) is 3.93. The SMILES string of the molecule is CCC1(C)C(N)CC1OC. The Morgan fingerprint density at radius 2 is 2.30 bits per heavy atom. The molecule has 2 N–H and O–H groups in total. The third kappa shape index (κ3) is 0.867. The fourth-order valence-electron chi connectivity index (χ4n) is 1.70. The Balaban J connectivity index is 2.54. The number of rotatable bonds is 2. The van der Waals surface area contributed by atoms with Crippen molar-refractivity contribution in [3.05, 3.63) is 0 Å². The van der Waals surface area contributed by atoms with Crippen LogP contribution in [-0.4, -0.2) is 19.3 Å². The molecule has 0 heterocycles. The highest BCUT2D eigenvalue weighted by atomic mass is 16.5. The molecule has 1 rings (SSSR count). The van der Waals surface area contributed by atoms with Crippen LogP contribution in [0.3, 0.4) is 0 Å². The highest BCUT2D eigenvalue weighted by molar-refractivity contribution is 5.02. The quantitative estimate of drug-likeness (QED) is 0.629. The van der Waals surface area contributed by atoms with Gasteiger partial charge in [-0.2, -0.15) is 0 Å². The number of methoxy groups -OCH3 is 1. The largest absolute Gasteiger partial charge is 0.381 e. The Kier molecular flexibility index (Phi) is 2.02. The molecule has 0 aromatic rings. The molecule has 0 radical (unpaired) electrons. The zero-order valence-electron chi connectivity index (χ0n) is 7.05. The van der Waals surface area contributed by atoms with E-state index in [-0.39, 0.29) is 5.41 Å². The second-order valence-corrected chi connectivity index (χ2v) is 3.43. The summed E-state index contributed by atoms with van der Waals surface area (Å²) in [6, 6.07) is 0.349. The van der Waals surface area contributed by atoms with Crippen LogP contribution >= 0.6 is 0 Å². The van der Waals surface area contributed by atoms with Gasteiger partial charge in [-0.3, -0.25) is 0 Å². The summed E-state index contributed by atoms with van der Waals surface area (Å²) in [6.07, 6.45) is 2.54. The summed E-state index contributed by atoms with van der Waals surface area (Å²) in [7, 11) is 1.77. The lowest BCUT2D eigenvalue weighted by Gasteiger charge is -2.51. The molecule has 0 amide bonds. The van der Waals surface area contributed by atoms with Crippen LogP contribution in [0.15, 0.2) is 0 Å². The summed E-state index contributed by atoms with van der Waals surface area (Å²) in [5.74, 6) is 0. The van der Waals surface area contributed by atoms with Crippen molar-refractivity contribution in [2.24, 2.45) is 11.1 Å². The average molecular weight is 143 g/mol. The van der Waals surface area contributed by atoms with Gasteiger partial charge in [0.15, 0.2) is 0 Å². The van der Waals surface area contributed by atoms with Gasteiger partial charge in [0.2, 0.25) is 0 Å². The van der Waals surface area contributed by atoms with Crippen LogP contribution in [0.1, 0.15) is 26.7 Å². The second-order valence-electron chi connectivity index (χ2n) is 3.43. The van der Waals surface area contributed by atoms with Crippen LogP contribution < -0.4 is 5.73 Å². The summed E-state index contributed by atoms with van der Waals surface area (Å²) in [6.45, 7) is 4.38. The maximum absolute atomic E-state index is 5.85. The molecule has 0 aromatic heterocycles. The van der Waals surface area contributed by atoms with E-state index in [0.29, 0.717) is 12.1 Å². The highest BCUT2D eigenvalue weighted by Gasteiger charge is 2.48. The number of hydrogen-bond acceptors (Lipinski definition) is 2. The summed E-state index contributed by atoms with van der Waals surface area (Å²) in [5.41, 5.74) is 6.10. The van der Waals surface area contributed by atoms with Gasteiger partial charge in [-0.05, 0) is 12.8 Å². The van der Waals surface area contributed by atoms with E-state index < -0.39 is 0 Å². The normalized spacial score (nSPS) is 46.8. The van der Waals surface area contributed by atoms with Crippen LogP contribution in [0.25, 0.3) is 0 Å². The van der Waals surface area contributed by atoms with Gasteiger partial charge in [-0.15, -0.1) is 0 Å². The predicted molar refractivity (Wildman–Crippen MR) is 41.8 cm³/mol. The summed E-state index contributed by atoms with van der Waals surface area (Å²) < 4.78 is 5.28. The fraction of sp³-hybridized carbons (Fsp3) is 1.00. The lowest BCUT2D eigenvalue weighted by Crippen LogP contribution is -2.60. The van der Waals surface area contributed by atoms with Crippen molar-refractivity contribution in [2.45, 2.75) is 38.8 Å². The molecule has 60 valence electrons. The molecule has 1 aliphatic rings. The van der Waals surface area contributed by atoms with E-state index in [2.05, 4.69) is 13.8 Å². The van der Waals surface area contributed by atoms with Crippen molar-refractivity contribution in [2.75, 3.05) is 7.11 Å². The highest BCUT2D eigenvalue weighted by Crippen LogP contribution is 2.44. The standard InChI is InChI=1S/C8H17NO/c1-4-8(2)6(9)5-7(8)10-3/h6-7H,4-5,9H2,1-3H3. The number of nitrogens with two attached hydrogens (primary N) is 1. The average Bonchev–Trinajstić information content (AvgIpc) is 1.98. The van der Waals surface area contributed by atoms with Crippen molar-refractivity contribution in [1.82, 2.24) is 0 Å². The van der Waals surface area contributed by atoms with Crippen molar-refractivity contribution in [3.8, 4) is 0 Å². The van der Waals surface area contributed by atoms with E-state index in [1.54, 1.807) is 7.11 Å². The van der Waals surface area contributed by atoms with Crippen molar-refractivity contribution in [1.29, 1.82) is 0 Å². The van der Waals surface area contributed by atoms with Gasteiger partial charge < -0.3 is 10.5 Å². The van der Waals surface area contributed by atoms with Gasteiger partial charge in [0, 0.05) is 18.6 Å². The number of ether oxygens (including phenoxy) is 1. The van der Waals surface area contributed by atoms with Crippen molar-refractivity contribution < 1.29 is 4.74 Å². The third-order valence-corrected chi connectivity index (χ3v) is 3.10. The molecule has 0 aliphatic heterocycles. The molecule has 1 fully saturated rings. The molecule has 3 unspecified atom stereocenters. The third-order valence-electron chi connectivity index (χ3n) is 3.10. The Labute approximate surface area is 62.7 Å². The fourth-order valence-corrected chi connectivity index (χ4v) is 1.70. The monoisotopic (exact) mass is 143 g/mol. The van der Waals surface area contributed by atoms with E-state index in [9.17, 15) is 0 Å². The molecule has 2 nitrogen and oxygen atoms in total. The lowest BCUT2D eigenvalue weighted by atomic mass is 9.62. The van der Waals surface area contributed by atoms with Crippen LogP contribution in [0.4, 0.5) is 0 Å². The predicted octanol–water partition coefficient (Wildman–Crippen LogP) is 1.15. The summed E-state index contributed by atoms with van der Waals surface area (Å²) >= 11 is 0. The van der Waals surface area contributed by atoms with E-state index in [4.69, 9.17) is 10.5 Å². The van der Waals surface area contributed by atoms with Crippen LogP contribution in [0.5, 0.6) is 0 Å². The molecule has 10 heavy (non-hydrogen) atoms. The summed E-state index contributed by atoms with van der Waals surface area (Å²) in [5, 5.41) is 0. The maximum Gasteiger partial charge on any atom is 0.0654 e. The Hall–Kier alpha value is -0.0800. The lowest BCUT2D eigenvalue weighted by molar-refractivity contribution is -0.0988. The molecular weight excluding hydrogens is 126 g/mol. The number of hydrogen-bond donors (Lipinski definition) is 1. The van der Waals surface area contributed by atoms with Crippen LogP contribution in [0.2, 0.25) is 0 Å². The van der Waals surface area contributed by atoms with Gasteiger partial charge in [-0.25, -0.2) is 0 Å². The first-order chi connectivity index (χ1) is 4.65. The minimum atomic E-state index is 0.245. The van der Waals surface area contributed by atoms with E-state index in [1.807, 2.05) is 0 Å². The molecule has 2 heteroatoms. The minimum Gasteiger partial charge on any atom is -0.381 e. The molecule has 0 bridgehead atoms. The molecule has 0 spiro atoms. The molecule has 1 saturated carbocycles. The topological polar surface area (TPSA) is 35.2 Å². The van der Waals surface area contributed by atoms with Gasteiger partial charge in [0.05, 0.1) is 6.10 Å². The van der Waals surface area contributed by atoms with Crippen LogP contribution in [-0.2, 0) is 4.74 Å². The second kappa shape index (κ2) is 2.51. The van der Waals surface area contributed by atoms with Crippen molar-refractivity contribution in [3.63, 3.8) is 0 Å². The van der Waals surface area contributed by atoms with Gasteiger partial charge in [0.25, 0.3) is 0 Å². The van der Waals surface area contributed by atoms with Gasteiger partial charge >= 0.3 is 0 Å². The van der Waals surface area contributed by atoms with E-state index in [0.717, 1.165) is 12.8 Å². The van der Waals surface area contributed by atoms with E-state index in [1.165, 1.54) is 0 Å². The summed E-state index contributed by atoms with van der Waals surface area (Å²) in [4.78, 5) is 0. The first-order valence-electron chi connectivity index (χ1n) is 3.93. The zero-order valence-corrected chi connectivity index (χ0v) is 7.05. The Bertz CT molecular complexity index is 126. The minimum absolute atomic E-state index is 0.245. The molecule has 0 saturated heterocycles.